The number of rotatable bonds is 5. The molecule has 0 aliphatic rings. The molecule has 0 fully saturated rings. The summed E-state index contributed by atoms with van der Waals surface area (Å²) in [5, 5.41) is 0. The summed E-state index contributed by atoms with van der Waals surface area (Å²) in [6, 6.07) is 8.08. The van der Waals surface area contributed by atoms with E-state index in [1.165, 1.54) is 5.56 Å². The van der Waals surface area contributed by atoms with Crippen LogP contribution >= 0.6 is 0 Å². The number of hydrogen-bond acceptors (Lipinski definition) is 2. The third-order valence-corrected chi connectivity index (χ3v) is 1.85. The highest BCUT2D eigenvalue weighted by atomic mass is 16.5. The Labute approximate surface area is 79.7 Å². The van der Waals surface area contributed by atoms with Crippen molar-refractivity contribution in [2.75, 3.05) is 13.2 Å². The normalized spacial score (nSPS) is 10.0. The molecule has 0 heterocycles. The van der Waals surface area contributed by atoms with Gasteiger partial charge in [0.1, 0.15) is 5.75 Å². The van der Waals surface area contributed by atoms with Crippen LogP contribution in [0.5, 0.6) is 5.75 Å². The van der Waals surface area contributed by atoms with Gasteiger partial charge in [-0.3, -0.25) is 0 Å². The van der Waals surface area contributed by atoms with Gasteiger partial charge in [0, 0.05) is 0 Å². The topological polar surface area (TPSA) is 35.2 Å². The van der Waals surface area contributed by atoms with Gasteiger partial charge in [0.25, 0.3) is 0 Å². The molecule has 1 aromatic rings. The highest BCUT2D eigenvalue weighted by molar-refractivity contribution is 5.33. The first kappa shape index (κ1) is 10.1. The van der Waals surface area contributed by atoms with Crippen molar-refractivity contribution >= 4 is 0 Å². The molecule has 0 amide bonds. The maximum absolute atomic E-state index is 5.58. The molecule has 0 saturated carbocycles. The third-order valence-electron chi connectivity index (χ3n) is 1.85. The van der Waals surface area contributed by atoms with Crippen LogP contribution < -0.4 is 10.5 Å². The van der Waals surface area contributed by atoms with Crippen LogP contribution in [0.4, 0.5) is 0 Å². The number of para-hydroxylation sites is 1. The second-order valence-corrected chi connectivity index (χ2v) is 2.99. The van der Waals surface area contributed by atoms with Crippen LogP contribution in [0.15, 0.2) is 24.3 Å². The Kier molecular flexibility index (Phi) is 4.33. The van der Waals surface area contributed by atoms with Gasteiger partial charge >= 0.3 is 0 Å². The van der Waals surface area contributed by atoms with Gasteiger partial charge in [0.2, 0.25) is 0 Å². The molecule has 1 rings (SSSR count). The fourth-order valence-electron chi connectivity index (χ4n) is 1.22. The average Bonchev–Trinajstić information content (AvgIpc) is 2.17. The highest BCUT2D eigenvalue weighted by Gasteiger charge is 2.00. The molecule has 0 unspecified atom stereocenters. The second-order valence-electron chi connectivity index (χ2n) is 2.99. The summed E-state index contributed by atoms with van der Waals surface area (Å²) in [5.74, 6) is 0.981. The zero-order chi connectivity index (χ0) is 9.52. The van der Waals surface area contributed by atoms with Crippen molar-refractivity contribution in [2.24, 2.45) is 5.73 Å². The predicted molar refractivity (Wildman–Crippen MR) is 55.0 cm³/mol. The van der Waals surface area contributed by atoms with Crippen LogP contribution in [0.3, 0.4) is 0 Å². The SMILES string of the molecule is CCCOc1ccccc1CCN. The van der Waals surface area contributed by atoms with Crippen molar-refractivity contribution in [2.45, 2.75) is 19.8 Å². The Balaban J connectivity index is 2.66. The minimum Gasteiger partial charge on any atom is -0.493 e. The average molecular weight is 179 g/mol. The van der Waals surface area contributed by atoms with Crippen molar-refractivity contribution in [3.63, 3.8) is 0 Å². The van der Waals surface area contributed by atoms with Gasteiger partial charge in [0.15, 0.2) is 0 Å². The van der Waals surface area contributed by atoms with Gasteiger partial charge in [-0.05, 0) is 31.0 Å². The lowest BCUT2D eigenvalue weighted by atomic mass is 10.1. The molecule has 0 bridgehead atoms. The van der Waals surface area contributed by atoms with Crippen LogP contribution in [0.2, 0.25) is 0 Å². The fraction of sp³-hybridized carbons (Fsp3) is 0.455. The summed E-state index contributed by atoms with van der Waals surface area (Å²) >= 11 is 0. The summed E-state index contributed by atoms with van der Waals surface area (Å²) in [6.07, 6.45) is 1.93. The highest BCUT2D eigenvalue weighted by Crippen LogP contribution is 2.17. The van der Waals surface area contributed by atoms with E-state index in [-0.39, 0.29) is 0 Å². The van der Waals surface area contributed by atoms with Gasteiger partial charge in [-0.2, -0.15) is 0 Å². The number of ether oxygens (including phenoxy) is 1. The Morgan fingerprint density at radius 2 is 2.08 bits per heavy atom. The molecule has 0 aliphatic carbocycles. The van der Waals surface area contributed by atoms with E-state index in [0.717, 1.165) is 25.2 Å². The molecule has 2 N–H and O–H groups in total. The first-order valence-electron chi connectivity index (χ1n) is 4.79. The predicted octanol–water partition coefficient (Wildman–Crippen LogP) is 1.98. The molecule has 1 aromatic carbocycles. The van der Waals surface area contributed by atoms with Crippen LogP contribution in [-0.4, -0.2) is 13.2 Å². The second kappa shape index (κ2) is 5.60. The van der Waals surface area contributed by atoms with E-state index < -0.39 is 0 Å². The summed E-state index contributed by atoms with van der Waals surface area (Å²) in [4.78, 5) is 0. The fourth-order valence-corrected chi connectivity index (χ4v) is 1.22. The molecular weight excluding hydrogens is 162 g/mol. The van der Waals surface area contributed by atoms with Crippen molar-refractivity contribution in [3.8, 4) is 5.75 Å². The van der Waals surface area contributed by atoms with E-state index in [1.807, 2.05) is 18.2 Å². The number of hydrogen-bond donors (Lipinski definition) is 1. The maximum Gasteiger partial charge on any atom is 0.122 e. The summed E-state index contributed by atoms with van der Waals surface area (Å²) in [6.45, 7) is 3.56. The van der Waals surface area contributed by atoms with E-state index >= 15 is 0 Å². The smallest absolute Gasteiger partial charge is 0.122 e. The van der Waals surface area contributed by atoms with E-state index in [2.05, 4.69) is 13.0 Å². The monoisotopic (exact) mass is 179 g/mol. The lowest BCUT2D eigenvalue weighted by Gasteiger charge is -2.09. The molecule has 0 spiro atoms. The lowest BCUT2D eigenvalue weighted by Crippen LogP contribution is -2.05. The van der Waals surface area contributed by atoms with Crippen LogP contribution in [0, 0.1) is 0 Å². The van der Waals surface area contributed by atoms with E-state index in [9.17, 15) is 0 Å². The number of benzene rings is 1. The molecule has 13 heavy (non-hydrogen) atoms. The van der Waals surface area contributed by atoms with Crippen molar-refractivity contribution in [1.29, 1.82) is 0 Å². The molecule has 0 saturated heterocycles. The standard InChI is InChI=1S/C11H17NO/c1-2-9-13-11-6-4-3-5-10(11)7-8-12/h3-6H,2,7-9,12H2,1H3. The van der Waals surface area contributed by atoms with E-state index in [1.54, 1.807) is 0 Å². The van der Waals surface area contributed by atoms with E-state index in [4.69, 9.17) is 10.5 Å². The summed E-state index contributed by atoms with van der Waals surface area (Å²) in [5.41, 5.74) is 6.71. The lowest BCUT2D eigenvalue weighted by molar-refractivity contribution is 0.314. The Morgan fingerprint density at radius 3 is 2.77 bits per heavy atom. The van der Waals surface area contributed by atoms with Crippen LogP contribution in [0.25, 0.3) is 0 Å². The molecule has 72 valence electrons. The van der Waals surface area contributed by atoms with Crippen molar-refractivity contribution in [3.05, 3.63) is 29.8 Å². The Bertz CT molecular complexity index is 248. The molecule has 2 nitrogen and oxygen atoms in total. The Hall–Kier alpha value is -1.02. The third kappa shape index (κ3) is 3.07. The van der Waals surface area contributed by atoms with Gasteiger partial charge in [-0.25, -0.2) is 0 Å². The minimum absolute atomic E-state index is 0.673. The van der Waals surface area contributed by atoms with Crippen molar-refractivity contribution < 1.29 is 4.74 Å². The molecule has 0 aliphatic heterocycles. The van der Waals surface area contributed by atoms with Crippen LogP contribution in [-0.2, 0) is 6.42 Å². The molecule has 0 atom stereocenters. The van der Waals surface area contributed by atoms with Gasteiger partial charge in [0.05, 0.1) is 6.61 Å². The zero-order valence-electron chi connectivity index (χ0n) is 8.12. The molecule has 0 aromatic heterocycles. The van der Waals surface area contributed by atoms with Gasteiger partial charge in [-0.1, -0.05) is 25.1 Å². The maximum atomic E-state index is 5.58. The summed E-state index contributed by atoms with van der Waals surface area (Å²) in [7, 11) is 0. The zero-order valence-corrected chi connectivity index (χ0v) is 8.12. The van der Waals surface area contributed by atoms with Crippen LogP contribution in [0.1, 0.15) is 18.9 Å². The quantitative estimate of drug-likeness (QED) is 0.750. The number of nitrogens with two attached hydrogens (primary N) is 1. The molecule has 2 heteroatoms. The first-order valence-corrected chi connectivity index (χ1v) is 4.79. The largest absolute Gasteiger partial charge is 0.493 e. The molecule has 0 radical (unpaired) electrons. The summed E-state index contributed by atoms with van der Waals surface area (Å²) < 4.78 is 5.58. The minimum atomic E-state index is 0.673. The van der Waals surface area contributed by atoms with Gasteiger partial charge < -0.3 is 10.5 Å². The van der Waals surface area contributed by atoms with E-state index in [0.29, 0.717) is 6.54 Å². The first-order chi connectivity index (χ1) is 6.38. The van der Waals surface area contributed by atoms with Gasteiger partial charge in [-0.15, -0.1) is 0 Å². The van der Waals surface area contributed by atoms with Crippen molar-refractivity contribution in [1.82, 2.24) is 0 Å². The molecular formula is C11H17NO. The Morgan fingerprint density at radius 1 is 1.31 bits per heavy atom.